The molecule has 0 saturated carbocycles. The summed E-state index contributed by atoms with van der Waals surface area (Å²) in [4.78, 5) is 11.4. The maximum absolute atomic E-state index is 11.8. The standard InChI is InChI=1S/C11H14F2N2O2/c1-17-9-5-3-2-4-8(9)15-11(16)7-14-6-10(12)13/h2-5,10,14H,6-7H2,1H3,(H,15,16). The van der Waals surface area contributed by atoms with E-state index < -0.39 is 18.9 Å². The smallest absolute Gasteiger partial charge is 0.250 e. The Bertz CT molecular complexity index is 372. The molecule has 1 aromatic carbocycles. The van der Waals surface area contributed by atoms with E-state index in [1.165, 1.54) is 7.11 Å². The lowest BCUT2D eigenvalue weighted by atomic mass is 10.3. The van der Waals surface area contributed by atoms with Gasteiger partial charge in [0.2, 0.25) is 5.91 Å². The van der Waals surface area contributed by atoms with Gasteiger partial charge in [-0.25, -0.2) is 8.78 Å². The predicted molar refractivity (Wildman–Crippen MR) is 60.5 cm³/mol. The van der Waals surface area contributed by atoms with Crippen molar-refractivity contribution >= 4 is 11.6 Å². The Labute approximate surface area is 98.0 Å². The topological polar surface area (TPSA) is 50.4 Å². The molecular weight excluding hydrogens is 230 g/mol. The highest BCUT2D eigenvalue weighted by Gasteiger charge is 2.07. The number of nitrogens with one attached hydrogen (secondary N) is 2. The van der Waals surface area contributed by atoms with Crippen LogP contribution in [0.25, 0.3) is 0 Å². The van der Waals surface area contributed by atoms with Crippen LogP contribution in [0, 0.1) is 0 Å². The van der Waals surface area contributed by atoms with Crippen LogP contribution >= 0.6 is 0 Å². The van der Waals surface area contributed by atoms with Crippen molar-refractivity contribution in [3.8, 4) is 5.75 Å². The SMILES string of the molecule is COc1ccccc1NC(=O)CNCC(F)F. The van der Waals surface area contributed by atoms with Gasteiger partial charge in [-0.15, -0.1) is 0 Å². The third-order valence-corrected chi connectivity index (χ3v) is 1.97. The minimum Gasteiger partial charge on any atom is -0.495 e. The lowest BCUT2D eigenvalue weighted by molar-refractivity contribution is -0.115. The molecule has 1 aromatic rings. The van der Waals surface area contributed by atoms with E-state index in [1.54, 1.807) is 24.3 Å². The molecule has 4 nitrogen and oxygen atoms in total. The van der Waals surface area contributed by atoms with Gasteiger partial charge in [-0.3, -0.25) is 4.79 Å². The first-order valence-electron chi connectivity index (χ1n) is 5.05. The molecule has 0 unspecified atom stereocenters. The molecule has 17 heavy (non-hydrogen) atoms. The molecule has 0 fully saturated rings. The van der Waals surface area contributed by atoms with Gasteiger partial charge in [0.1, 0.15) is 5.75 Å². The number of carbonyl (C=O) groups is 1. The largest absolute Gasteiger partial charge is 0.495 e. The molecule has 0 aliphatic heterocycles. The van der Waals surface area contributed by atoms with Crippen LogP contribution in [-0.4, -0.2) is 32.5 Å². The summed E-state index contributed by atoms with van der Waals surface area (Å²) in [5.41, 5.74) is 0.513. The van der Waals surface area contributed by atoms with Crippen molar-refractivity contribution in [3.05, 3.63) is 24.3 Å². The predicted octanol–water partition coefficient (Wildman–Crippen LogP) is 1.49. The first-order valence-corrected chi connectivity index (χ1v) is 5.05. The molecule has 0 saturated heterocycles. The van der Waals surface area contributed by atoms with Crippen LogP contribution in [0.4, 0.5) is 14.5 Å². The van der Waals surface area contributed by atoms with E-state index in [0.29, 0.717) is 11.4 Å². The molecule has 0 aliphatic carbocycles. The zero-order valence-electron chi connectivity index (χ0n) is 9.37. The van der Waals surface area contributed by atoms with Gasteiger partial charge in [-0.2, -0.15) is 0 Å². The molecule has 0 atom stereocenters. The van der Waals surface area contributed by atoms with Crippen molar-refractivity contribution in [2.45, 2.75) is 6.43 Å². The Morgan fingerprint density at radius 3 is 2.76 bits per heavy atom. The highest BCUT2D eigenvalue weighted by atomic mass is 19.3. The minimum atomic E-state index is -2.46. The molecular formula is C11H14F2N2O2. The first kappa shape index (κ1) is 13.4. The summed E-state index contributed by atoms with van der Waals surface area (Å²) in [7, 11) is 1.49. The third kappa shape index (κ3) is 4.78. The minimum absolute atomic E-state index is 0.164. The van der Waals surface area contributed by atoms with Gasteiger partial charge in [0.05, 0.1) is 25.9 Å². The molecule has 0 radical (unpaired) electrons. The van der Waals surface area contributed by atoms with Crippen LogP contribution in [0.5, 0.6) is 5.75 Å². The molecule has 6 heteroatoms. The fraction of sp³-hybridized carbons (Fsp3) is 0.364. The number of hydrogen-bond donors (Lipinski definition) is 2. The number of methoxy groups -OCH3 is 1. The first-order chi connectivity index (χ1) is 8.13. The Morgan fingerprint density at radius 1 is 1.41 bits per heavy atom. The number of rotatable bonds is 6. The second-order valence-electron chi connectivity index (χ2n) is 3.27. The third-order valence-electron chi connectivity index (χ3n) is 1.97. The van der Waals surface area contributed by atoms with Gasteiger partial charge >= 0.3 is 0 Å². The Balaban J connectivity index is 2.45. The Hall–Kier alpha value is -1.69. The van der Waals surface area contributed by atoms with Crippen LogP contribution in [0.15, 0.2) is 24.3 Å². The summed E-state index contributed by atoms with van der Waals surface area (Å²) in [6, 6.07) is 6.88. The van der Waals surface area contributed by atoms with Crippen molar-refractivity contribution in [2.75, 3.05) is 25.5 Å². The zero-order valence-corrected chi connectivity index (χ0v) is 9.37. The van der Waals surface area contributed by atoms with Crippen molar-refractivity contribution in [1.82, 2.24) is 5.32 Å². The van der Waals surface area contributed by atoms with E-state index in [-0.39, 0.29) is 6.54 Å². The zero-order chi connectivity index (χ0) is 12.7. The number of amides is 1. The van der Waals surface area contributed by atoms with E-state index in [0.717, 1.165) is 0 Å². The summed E-state index contributed by atoms with van der Waals surface area (Å²) in [5, 5.41) is 4.90. The van der Waals surface area contributed by atoms with Crippen molar-refractivity contribution in [3.63, 3.8) is 0 Å². The number of halogens is 2. The monoisotopic (exact) mass is 244 g/mol. The molecule has 0 heterocycles. The van der Waals surface area contributed by atoms with Gasteiger partial charge in [-0.1, -0.05) is 12.1 Å². The van der Waals surface area contributed by atoms with E-state index in [4.69, 9.17) is 4.74 Å². The lowest BCUT2D eigenvalue weighted by Gasteiger charge is -2.10. The number of ether oxygens (including phenoxy) is 1. The lowest BCUT2D eigenvalue weighted by Crippen LogP contribution is -2.31. The van der Waals surface area contributed by atoms with E-state index >= 15 is 0 Å². The molecule has 0 spiro atoms. The van der Waals surface area contributed by atoms with Crippen LogP contribution in [0.1, 0.15) is 0 Å². The number of carbonyl (C=O) groups excluding carboxylic acids is 1. The maximum atomic E-state index is 11.8. The molecule has 0 aliphatic rings. The van der Waals surface area contributed by atoms with Crippen molar-refractivity contribution in [1.29, 1.82) is 0 Å². The van der Waals surface area contributed by atoms with Gasteiger partial charge in [-0.05, 0) is 12.1 Å². The number of alkyl halides is 2. The fourth-order valence-corrected chi connectivity index (χ4v) is 1.24. The maximum Gasteiger partial charge on any atom is 0.250 e. The van der Waals surface area contributed by atoms with Crippen LogP contribution in [-0.2, 0) is 4.79 Å². The molecule has 1 rings (SSSR count). The Morgan fingerprint density at radius 2 is 2.12 bits per heavy atom. The molecule has 0 aromatic heterocycles. The number of anilines is 1. The quantitative estimate of drug-likeness (QED) is 0.797. The summed E-state index contributed by atoms with van der Waals surface area (Å²) >= 11 is 0. The van der Waals surface area contributed by atoms with Gasteiger partial charge in [0, 0.05) is 0 Å². The number of para-hydroxylation sites is 2. The summed E-state index contributed by atoms with van der Waals surface area (Å²) in [6.45, 7) is -0.665. The second-order valence-corrected chi connectivity index (χ2v) is 3.27. The number of hydrogen-bond acceptors (Lipinski definition) is 3. The van der Waals surface area contributed by atoms with Gasteiger partial charge in [0.15, 0.2) is 0 Å². The average molecular weight is 244 g/mol. The molecule has 94 valence electrons. The molecule has 2 N–H and O–H groups in total. The summed E-state index contributed by atoms with van der Waals surface area (Å²) < 4.78 is 28.7. The van der Waals surface area contributed by atoms with Crippen LogP contribution in [0.2, 0.25) is 0 Å². The highest BCUT2D eigenvalue weighted by Crippen LogP contribution is 2.22. The summed E-state index contributed by atoms with van der Waals surface area (Å²) in [5.74, 6) is 0.129. The molecule has 1 amide bonds. The van der Waals surface area contributed by atoms with Crippen LogP contribution in [0.3, 0.4) is 0 Å². The van der Waals surface area contributed by atoms with Gasteiger partial charge in [0.25, 0.3) is 6.43 Å². The van der Waals surface area contributed by atoms with Gasteiger partial charge < -0.3 is 15.4 Å². The van der Waals surface area contributed by atoms with Crippen LogP contribution < -0.4 is 15.4 Å². The highest BCUT2D eigenvalue weighted by molar-refractivity contribution is 5.93. The Kier molecular flexibility index (Phi) is 5.35. The average Bonchev–Trinajstić information content (AvgIpc) is 2.29. The number of benzene rings is 1. The normalized spacial score (nSPS) is 10.4. The van der Waals surface area contributed by atoms with E-state index in [1.807, 2.05) is 0 Å². The van der Waals surface area contributed by atoms with E-state index in [9.17, 15) is 13.6 Å². The second kappa shape index (κ2) is 6.80. The van der Waals surface area contributed by atoms with Crippen molar-refractivity contribution in [2.24, 2.45) is 0 Å². The fourth-order valence-electron chi connectivity index (χ4n) is 1.24. The van der Waals surface area contributed by atoms with Crippen molar-refractivity contribution < 1.29 is 18.3 Å². The molecule has 0 bridgehead atoms. The van der Waals surface area contributed by atoms with E-state index in [2.05, 4.69) is 10.6 Å². The summed E-state index contributed by atoms with van der Waals surface area (Å²) in [6.07, 6.45) is -2.46.